The monoisotopic (exact) mass is 807 g/mol. The van der Waals surface area contributed by atoms with Crippen LogP contribution in [0.25, 0.3) is 0 Å². The van der Waals surface area contributed by atoms with Crippen molar-refractivity contribution >= 4 is 96.9 Å². The Morgan fingerprint density at radius 2 is 1.55 bits per heavy atom. The van der Waals surface area contributed by atoms with Gasteiger partial charge in [0, 0.05) is 20.5 Å². The maximum Gasteiger partial charge on any atom is 0.256 e. The second kappa shape index (κ2) is 13.6. The molecule has 1 aromatic rings. The molecule has 1 aromatic carbocycles. The highest BCUT2D eigenvalue weighted by Crippen LogP contribution is 2.40. The van der Waals surface area contributed by atoms with Crippen molar-refractivity contribution in [1.29, 1.82) is 0 Å². The van der Waals surface area contributed by atoms with E-state index in [-0.39, 0.29) is 33.9 Å². The Kier molecular flexibility index (Phi) is 12.6. The highest BCUT2D eigenvalue weighted by molar-refractivity contribution is 14.1. The molecular formula is C18H24I3N3O9. The largest absolute Gasteiger partial charge is 0.395 e. The molecule has 0 fully saturated rings. The molecule has 0 bridgehead atoms. The van der Waals surface area contributed by atoms with Crippen LogP contribution in [0.1, 0.15) is 17.3 Å². The topological polar surface area (TPSA) is 200 Å². The molecule has 186 valence electrons. The van der Waals surface area contributed by atoms with Crippen molar-refractivity contribution in [3.8, 4) is 0 Å². The molecular weight excluding hydrogens is 783 g/mol. The zero-order valence-corrected chi connectivity index (χ0v) is 23.9. The normalized spacial score (nSPS) is 14.8. The summed E-state index contributed by atoms with van der Waals surface area (Å²) in [5, 5.41) is 62.2. The maximum atomic E-state index is 12.8. The third kappa shape index (κ3) is 7.29. The van der Waals surface area contributed by atoms with E-state index in [1.165, 1.54) is 18.9 Å². The fourth-order valence-corrected chi connectivity index (χ4v) is 7.19. The third-order valence-corrected chi connectivity index (χ3v) is 7.68. The van der Waals surface area contributed by atoms with Crippen LogP contribution in [-0.2, 0) is 9.59 Å². The van der Waals surface area contributed by atoms with E-state index in [0.29, 0.717) is 12.8 Å². The highest BCUT2D eigenvalue weighted by Gasteiger charge is 2.35. The molecule has 8 N–H and O–H groups in total. The molecule has 0 radical (unpaired) electrons. The van der Waals surface area contributed by atoms with Crippen molar-refractivity contribution < 1.29 is 45.0 Å². The van der Waals surface area contributed by atoms with E-state index in [2.05, 4.69) is 10.6 Å². The summed E-state index contributed by atoms with van der Waals surface area (Å²) in [4.78, 5) is 38.7. The number of nitrogens with zero attached hydrogens (tertiary/aromatic N) is 1. The van der Waals surface area contributed by atoms with Gasteiger partial charge in [0.15, 0.2) is 6.10 Å². The van der Waals surface area contributed by atoms with E-state index in [1.807, 2.05) is 45.2 Å². The second-order valence-electron chi connectivity index (χ2n) is 6.76. The van der Waals surface area contributed by atoms with Crippen LogP contribution in [-0.4, -0.2) is 99.6 Å². The predicted molar refractivity (Wildman–Crippen MR) is 143 cm³/mol. The number of carbonyl (C=O) groups is 3. The lowest BCUT2D eigenvalue weighted by molar-refractivity contribution is -0.144. The van der Waals surface area contributed by atoms with Gasteiger partial charge in [0.05, 0.1) is 40.9 Å². The molecule has 0 saturated heterocycles. The van der Waals surface area contributed by atoms with Crippen molar-refractivity contribution in [2.24, 2.45) is 0 Å². The summed E-state index contributed by atoms with van der Waals surface area (Å²) in [7, 11) is 1.47. The zero-order chi connectivity index (χ0) is 25.6. The van der Waals surface area contributed by atoms with Gasteiger partial charge in [0.2, 0.25) is 5.91 Å². The van der Waals surface area contributed by atoms with E-state index in [9.17, 15) is 34.8 Å². The van der Waals surface area contributed by atoms with Crippen molar-refractivity contribution in [2.45, 2.75) is 31.3 Å². The average Bonchev–Trinajstić information content (AvgIpc) is 2.77. The number of amides is 3. The van der Waals surface area contributed by atoms with Gasteiger partial charge in [-0.25, -0.2) is 0 Å². The standard InChI is InChI=1S/C18H24I3N3O9/c1-6(27)24(2)13-10(20)8(17(32)22-3-4-25)9(19)12(11(13)21)23-18(33)16(31)15(30)14(29)7(28)5-26/h7,14-16,25-26,28-31H,3-5H2,1-2H3,(H,22,32)(H,23,33)/t7-,14+,15-,16-/m1/s1. The van der Waals surface area contributed by atoms with Crippen LogP contribution in [0.4, 0.5) is 11.4 Å². The molecule has 0 aliphatic heterocycles. The van der Waals surface area contributed by atoms with E-state index >= 15 is 0 Å². The molecule has 4 atom stereocenters. The first-order valence-electron chi connectivity index (χ1n) is 9.29. The summed E-state index contributed by atoms with van der Waals surface area (Å²) in [6.07, 6.45) is -8.13. The van der Waals surface area contributed by atoms with Crippen LogP contribution >= 0.6 is 67.8 Å². The molecule has 0 spiro atoms. The Morgan fingerprint density at radius 1 is 0.970 bits per heavy atom. The number of aliphatic hydroxyl groups is 6. The number of carbonyl (C=O) groups excluding carboxylic acids is 3. The van der Waals surface area contributed by atoms with Crippen LogP contribution < -0.4 is 15.5 Å². The molecule has 3 amide bonds. The Morgan fingerprint density at radius 3 is 2.03 bits per heavy atom. The van der Waals surface area contributed by atoms with Gasteiger partial charge in [-0.2, -0.15) is 0 Å². The van der Waals surface area contributed by atoms with Gasteiger partial charge in [-0.15, -0.1) is 0 Å². The number of benzene rings is 1. The first kappa shape index (κ1) is 30.6. The van der Waals surface area contributed by atoms with Crippen LogP contribution in [0.15, 0.2) is 0 Å². The predicted octanol–water partition coefficient (Wildman–Crippen LogP) is -1.42. The van der Waals surface area contributed by atoms with Crippen molar-refractivity contribution in [3.63, 3.8) is 0 Å². The number of hydrogen-bond acceptors (Lipinski definition) is 9. The minimum Gasteiger partial charge on any atom is -0.395 e. The van der Waals surface area contributed by atoms with E-state index in [1.54, 1.807) is 22.6 Å². The second-order valence-corrected chi connectivity index (χ2v) is 10.00. The molecule has 0 saturated carbocycles. The number of anilines is 2. The Labute approximate surface area is 230 Å². The summed E-state index contributed by atoms with van der Waals surface area (Å²) < 4.78 is 1.00. The number of nitrogens with one attached hydrogen (secondary N) is 2. The van der Waals surface area contributed by atoms with Crippen molar-refractivity contribution in [3.05, 3.63) is 16.3 Å². The van der Waals surface area contributed by atoms with Crippen molar-refractivity contribution in [2.75, 3.05) is 37.0 Å². The Balaban J connectivity index is 3.53. The summed E-state index contributed by atoms with van der Waals surface area (Å²) in [5.41, 5.74) is 0.468. The minimum absolute atomic E-state index is 0.0352. The zero-order valence-electron chi connectivity index (χ0n) is 17.4. The van der Waals surface area contributed by atoms with E-state index in [4.69, 9.17) is 10.2 Å². The molecule has 0 heterocycles. The summed E-state index contributed by atoms with van der Waals surface area (Å²) in [6, 6.07) is 0. The van der Waals surface area contributed by atoms with Crippen LogP contribution in [0.2, 0.25) is 0 Å². The van der Waals surface area contributed by atoms with Gasteiger partial charge in [-0.3, -0.25) is 14.4 Å². The molecule has 15 heteroatoms. The number of rotatable bonds is 10. The summed E-state index contributed by atoms with van der Waals surface area (Å²) >= 11 is 5.55. The molecule has 1 rings (SSSR count). The average molecular weight is 807 g/mol. The maximum absolute atomic E-state index is 12.8. The first-order valence-corrected chi connectivity index (χ1v) is 12.5. The van der Waals surface area contributed by atoms with E-state index < -0.39 is 42.8 Å². The first-order chi connectivity index (χ1) is 15.3. The molecule has 12 nitrogen and oxygen atoms in total. The number of hydrogen-bond donors (Lipinski definition) is 8. The van der Waals surface area contributed by atoms with Gasteiger partial charge in [-0.1, -0.05) is 0 Å². The summed E-state index contributed by atoms with van der Waals surface area (Å²) in [5.74, 6) is -2.10. The molecule has 33 heavy (non-hydrogen) atoms. The number of aliphatic hydroxyl groups excluding tert-OH is 6. The number of halogens is 3. The van der Waals surface area contributed by atoms with Gasteiger partial charge in [-0.05, 0) is 67.8 Å². The van der Waals surface area contributed by atoms with Crippen LogP contribution in [0.5, 0.6) is 0 Å². The Hall–Kier alpha value is -0.420. The Bertz CT molecular complexity index is 903. The quantitative estimate of drug-likeness (QED) is 0.131. The van der Waals surface area contributed by atoms with Gasteiger partial charge in [0.25, 0.3) is 11.8 Å². The van der Waals surface area contributed by atoms with E-state index in [0.717, 1.165) is 0 Å². The fourth-order valence-electron chi connectivity index (χ4n) is 2.54. The summed E-state index contributed by atoms with van der Waals surface area (Å²) in [6.45, 7) is 0.0556. The smallest absolute Gasteiger partial charge is 0.256 e. The minimum atomic E-state index is -2.20. The van der Waals surface area contributed by atoms with Gasteiger partial charge >= 0.3 is 0 Å². The third-order valence-electron chi connectivity index (χ3n) is 4.50. The molecule has 0 aromatic heterocycles. The lowest BCUT2D eigenvalue weighted by Gasteiger charge is -2.27. The molecule has 0 aliphatic rings. The lowest BCUT2D eigenvalue weighted by Crippen LogP contribution is -2.50. The lowest BCUT2D eigenvalue weighted by atomic mass is 10.0. The van der Waals surface area contributed by atoms with Gasteiger partial charge < -0.3 is 46.2 Å². The molecule has 0 unspecified atom stereocenters. The fraction of sp³-hybridized carbons (Fsp3) is 0.500. The highest BCUT2D eigenvalue weighted by atomic mass is 127. The molecule has 0 aliphatic carbocycles. The van der Waals surface area contributed by atoms with Gasteiger partial charge in [0.1, 0.15) is 18.3 Å². The van der Waals surface area contributed by atoms with Crippen molar-refractivity contribution in [1.82, 2.24) is 5.32 Å². The van der Waals surface area contributed by atoms with Crippen LogP contribution in [0.3, 0.4) is 0 Å². The van der Waals surface area contributed by atoms with Crippen LogP contribution in [0, 0.1) is 10.7 Å². The SMILES string of the molecule is CC(=O)N(C)c1c(I)c(NC(=O)[C@H](O)[C@H](O)[C@@H](O)[C@H](O)CO)c(I)c(C(=O)NCCO)c1I.